The number of likely N-dealkylation sites (tertiary alicyclic amines) is 1. The lowest BCUT2D eigenvalue weighted by atomic mass is 9.46. The number of rotatable bonds is 4. The first-order chi connectivity index (χ1) is 16.9. The largest absolute Gasteiger partial charge is 0.454 e. The predicted octanol–water partition coefficient (Wildman–Crippen LogP) is 4.97. The van der Waals surface area contributed by atoms with Crippen LogP contribution in [0.15, 0.2) is 18.2 Å². The third-order valence-corrected chi connectivity index (χ3v) is 10.4. The zero-order valence-corrected chi connectivity index (χ0v) is 21.1. The molecule has 7 aliphatic rings. The van der Waals surface area contributed by atoms with Crippen molar-refractivity contribution < 1.29 is 19.1 Å². The van der Waals surface area contributed by atoms with Crippen molar-refractivity contribution in [3.05, 3.63) is 23.8 Å². The topological polar surface area (TPSA) is 67.9 Å². The van der Waals surface area contributed by atoms with Gasteiger partial charge < -0.3 is 19.7 Å². The highest BCUT2D eigenvalue weighted by Crippen LogP contribution is 2.65. The molecule has 0 aromatic heterocycles. The van der Waals surface area contributed by atoms with Crippen molar-refractivity contribution in [1.82, 2.24) is 10.2 Å². The van der Waals surface area contributed by atoms with E-state index in [2.05, 4.69) is 30.1 Å². The van der Waals surface area contributed by atoms with Crippen molar-refractivity contribution in [2.45, 2.75) is 96.2 Å². The number of β-lactam (4-membered cyclic amide) rings is 1. The molecule has 6 fully saturated rings. The van der Waals surface area contributed by atoms with Gasteiger partial charge in [-0.3, -0.25) is 9.59 Å². The number of carbonyl (C=O) groups excluding carboxylic acids is 2. The second-order valence-electron chi connectivity index (χ2n) is 13.0. The van der Waals surface area contributed by atoms with Crippen molar-refractivity contribution in [3.8, 4) is 11.5 Å². The first kappa shape index (κ1) is 22.0. The van der Waals surface area contributed by atoms with Gasteiger partial charge in [-0.25, -0.2) is 0 Å². The first-order valence-corrected chi connectivity index (χ1v) is 13.9. The molecule has 5 aliphatic carbocycles. The second kappa shape index (κ2) is 7.63. The van der Waals surface area contributed by atoms with E-state index in [9.17, 15) is 9.59 Å². The fraction of sp³-hybridized carbons (Fsp3) is 0.724. The van der Waals surface area contributed by atoms with Crippen molar-refractivity contribution >= 4 is 11.8 Å². The highest BCUT2D eigenvalue weighted by Gasteiger charge is 2.66. The summed E-state index contributed by atoms with van der Waals surface area (Å²) in [4.78, 5) is 29.5. The Morgan fingerprint density at radius 2 is 1.77 bits per heavy atom. The maximum atomic E-state index is 13.7. The SMILES string of the molecule is CC1(C)C(=O)N([C@@H]2C3CC4C[C@H]2C[C@@](C(=O)NC2CCCCC2)(C4)C3)C1c1cccc2c1OCO2. The molecule has 3 unspecified atom stereocenters. The molecule has 0 spiro atoms. The number of carbonyl (C=O) groups is 2. The first-order valence-electron chi connectivity index (χ1n) is 13.9. The van der Waals surface area contributed by atoms with Crippen LogP contribution in [0.25, 0.3) is 0 Å². The zero-order valence-electron chi connectivity index (χ0n) is 21.1. The Morgan fingerprint density at radius 3 is 2.51 bits per heavy atom. The summed E-state index contributed by atoms with van der Waals surface area (Å²) in [5.74, 6) is 3.60. The number of fused-ring (bicyclic) bond motifs is 1. The number of hydrogen-bond donors (Lipinski definition) is 1. The summed E-state index contributed by atoms with van der Waals surface area (Å²) in [6.07, 6.45) is 11.3. The molecule has 0 radical (unpaired) electrons. The molecule has 5 saturated carbocycles. The maximum Gasteiger partial charge on any atom is 0.231 e. The van der Waals surface area contributed by atoms with Gasteiger partial charge in [0.05, 0.1) is 16.9 Å². The smallest absolute Gasteiger partial charge is 0.231 e. The van der Waals surface area contributed by atoms with Gasteiger partial charge in [-0.15, -0.1) is 0 Å². The molecule has 1 aromatic carbocycles. The number of nitrogens with one attached hydrogen (secondary N) is 1. The van der Waals surface area contributed by atoms with E-state index in [1.54, 1.807) is 0 Å². The van der Waals surface area contributed by atoms with E-state index < -0.39 is 5.41 Å². The van der Waals surface area contributed by atoms with Gasteiger partial charge in [0, 0.05) is 17.6 Å². The summed E-state index contributed by atoms with van der Waals surface area (Å²) in [6, 6.07) is 6.65. The molecular formula is C29H38N2O4. The van der Waals surface area contributed by atoms with Crippen LogP contribution in [0.2, 0.25) is 0 Å². The quantitative estimate of drug-likeness (QED) is 0.621. The van der Waals surface area contributed by atoms with Gasteiger partial charge in [-0.1, -0.05) is 31.4 Å². The molecule has 188 valence electrons. The minimum absolute atomic E-state index is 0.0128. The number of nitrogens with zero attached hydrogens (tertiary/aromatic N) is 1. The van der Waals surface area contributed by atoms with Gasteiger partial charge in [0.25, 0.3) is 0 Å². The fourth-order valence-electron chi connectivity index (χ4n) is 9.18. The Bertz CT molecular complexity index is 1040. The predicted molar refractivity (Wildman–Crippen MR) is 131 cm³/mol. The van der Waals surface area contributed by atoms with Crippen molar-refractivity contribution in [1.29, 1.82) is 0 Å². The van der Waals surface area contributed by atoms with E-state index in [1.165, 1.54) is 19.3 Å². The van der Waals surface area contributed by atoms with Crippen LogP contribution in [0.1, 0.15) is 89.7 Å². The molecule has 6 heteroatoms. The van der Waals surface area contributed by atoms with E-state index in [-0.39, 0.29) is 30.2 Å². The second-order valence-corrected chi connectivity index (χ2v) is 13.0. The molecule has 2 aliphatic heterocycles. The highest BCUT2D eigenvalue weighted by atomic mass is 16.7. The molecule has 1 saturated heterocycles. The number of benzene rings is 1. The summed E-state index contributed by atoms with van der Waals surface area (Å²) < 4.78 is 11.5. The minimum Gasteiger partial charge on any atom is -0.454 e. The number of para-hydroxylation sites is 1. The summed E-state index contributed by atoms with van der Waals surface area (Å²) in [5.41, 5.74) is 0.392. The van der Waals surface area contributed by atoms with Crippen LogP contribution >= 0.6 is 0 Å². The summed E-state index contributed by atoms with van der Waals surface area (Å²) in [5, 5.41) is 3.48. The van der Waals surface area contributed by atoms with Crippen LogP contribution in [0, 0.1) is 28.6 Å². The maximum absolute atomic E-state index is 13.7. The molecule has 1 aromatic rings. The van der Waals surface area contributed by atoms with Gasteiger partial charge in [-0.05, 0) is 82.6 Å². The Labute approximate surface area is 208 Å². The average Bonchev–Trinajstić information content (AvgIpc) is 3.33. The lowest BCUT2D eigenvalue weighted by Crippen LogP contribution is -2.71. The summed E-state index contributed by atoms with van der Waals surface area (Å²) in [7, 11) is 0. The third kappa shape index (κ3) is 3.13. The number of hydrogen-bond acceptors (Lipinski definition) is 4. The average molecular weight is 479 g/mol. The highest BCUT2D eigenvalue weighted by molar-refractivity contribution is 5.91. The molecule has 2 heterocycles. The van der Waals surface area contributed by atoms with Crippen LogP contribution in [-0.2, 0) is 9.59 Å². The van der Waals surface area contributed by atoms with Gasteiger partial charge in [0.15, 0.2) is 11.5 Å². The summed E-state index contributed by atoms with van der Waals surface area (Å²) in [6.45, 7) is 4.38. The van der Waals surface area contributed by atoms with E-state index in [0.29, 0.717) is 29.7 Å². The lowest BCUT2D eigenvalue weighted by Gasteiger charge is -2.66. The van der Waals surface area contributed by atoms with E-state index in [0.717, 1.165) is 62.0 Å². The van der Waals surface area contributed by atoms with Crippen LogP contribution < -0.4 is 14.8 Å². The third-order valence-electron chi connectivity index (χ3n) is 10.4. The number of amides is 2. The van der Waals surface area contributed by atoms with Crippen LogP contribution in [0.4, 0.5) is 0 Å². The minimum atomic E-state index is -0.466. The van der Waals surface area contributed by atoms with Crippen molar-refractivity contribution in [2.24, 2.45) is 28.6 Å². The monoisotopic (exact) mass is 478 g/mol. The van der Waals surface area contributed by atoms with Gasteiger partial charge >= 0.3 is 0 Å². The van der Waals surface area contributed by atoms with E-state index >= 15 is 0 Å². The summed E-state index contributed by atoms with van der Waals surface area (Å²) >= 11 is 0. The fourth-order valence-corrected chi connectivity index (χ4v) is 9.18. The zero-order chi connectivity index (χ0) is 23.9. The normalized spacial score (nSPS) is 39.0. The molecule has 1 N–H and O–H groups in total. The Kier molecular flexibility index (Phi) is 4.79. The molecular weight excluding hydrogens is 440 g/mol. The van der Waals surface area contributed by atoms with Gasteiger partial charge in [0.2, 0.25) is 18.6 Å². The molecule has 4 bridgehead atoms. The molecule has 8 rings (SSSR count). The Balaban J connectivity index is 1.17. The Hall–Kier alpha value is -2.24. The van der Waals surface area contributed by atoms with E-state index in [4.69, 9.17) is 9.47 Å². The number of ether oxygens (including phenoxy) is 2. The van der Waals surface area contributed by atoms with Gasteiger partial charge in [-0.2, -0.15) is 0 Å². The molecule has 35 heavy (non-hydrogen) atoms. The van der Waals surface area contributed by atoms with E-state index in [1.807, 2.05) is 12.1 Å². The van der Waals surface area contributed by atoms with Crippen LogP contribution in [0.5, 0.6) is 11.5 Å². The molecule has 6 nitrogen and oxygen atoms in total. The Morgan fingerprint density at radius 1 is 1.03 bits per heavy atom. The van der Waals surface area contributed by atoms with Crippen molar-refractivity contribution in [2.75, 3.05) is 6.79 Å². The standard InChI is InChI=1S/C29H38N2O4/c1-28(2)25(21-9-6-10-22-24(21)35-16-34-22)31(27(28)33)23-18-11-17-12-19(23)15-29(13-17,14-18)26(32)30-20-7-4-3-5-8-20/h6,9-10,17-20,23,25H,3-5,7-8,11-16H2,1-2H3,(H,30,32)/t17?,18-,19?,23-,25?,29-/m0/s1. The molecule has 6 atom stereocenters. The van der Waals surface area contributed by atoms with Crippen molar-refractivity contribution in [3.63, 3.8) is 0 Å². The van der Waals surface area contributed by atoms with Gasteiger partial charge in [0.1, 0.15) is 0 Å². The molecule has 2 amide bonds. The van der Waals surface area contributed by atoms with Crippen LogP contribution in [0.3, 0.4) is 0 Å². The lowest BCUT2D eigenvalue weighted by molar-refractivity contribution is -0.199. The van der Waals surface area contributed by atoms with Crippen LogP contribution in [-0.4, -0.2) is 35.6 Å².